The molecule has 5 heavy (non-hydrogen) atoms. The van der Waals surface area contributed by atoms with Crippen molar-refractivity contribution in [2.75, 3.05) is 0 Å². The molecule has 0 saturated heterocycles. The van der Waals surface area contributed by atoms with Crippen molar-refractivity contribution in [1.29, 1.82) is 0 Å². The maximum Gasteiger partial charge on any atom is 2.00 e. The van der Waals surface area contributed by atoms with Gasteiger partial charge < -0.3 is 14.4 Å². The summed E-state index contributed by atoms with van der Waals surface area (Å²) in [6.07, 6.45) is 0. The number of hydrogen-bond donors (Lipinski definition) is 0. The fourth-order valence-electron chi connectivity index (χ4n) is 0. The van der Waals surface area contributed by atoms with Crippen LogP contribution in [0.3, 0.4) is 0 Å². The number of halogens is 1. The summed E-state index contributed by atoms with van der Waals surface area (Å²) >= 11 is 0. The van der Waals surface area contributed by atoms with Crippen molar-refractivity contribution in [3.8, 4) is 0 Å². The van der Waals surface area contributed by atoms with Crippen molar-refractivity contribution in [2.24, 2.45) is 0 Å². The van der Waals surface area contributed by atoms with E-state index in [1.165, 1.54) is 0 Å². The van der Waals surface area contributed by atoms with Crippen LogP contribution < -0.4 is 10.0 Å². The molecule has 0 unspecified atom stereocenters. The largest absolute Gasteiger partial charge is 2.00 e. The third-order valence-corrected chi connectivity index (χ3v) is 0. The van der Waals surface area contributed by atoms with E-state index in [-0.39, 0.29) is 23.1 Å². The van der Waals surface area contributed by atoms with Crippen molar-refractivity contribution in [1.82, 2.24) is 0 Å². The maximum absolute atomic E-state index is 9.89. The van der Waals surface area contributed by atoms with Gasteiger partial charge in [0.25, 0.3) is 0 Å². The van der Waals surface area contributed by atoms with Crippen LogP contribution in [0.4, 0.5) is 4.32 Å². The molecule has 24 valence electrons. The minimum Gasteiger partial charge on any atom is -0.867 e. The Hall–Kier alpha value is 0.681. The molecule has 0 aliphatic carbocycles. The summed E-state index contributed by atoms with van der Waals surface area (Å²) in [5, 5.41) is 16.6. The van der Waals surface area contributed by atoms with Crippen LogP contribution in [-0.4, -0.2) is 30.4 Å². The molecule has 0 aromatic heterocycles. The Balaban J connectivity index is 0. The Labute approximate surface area is 45.3 Å². The zero-order chi connectivity index (χ0) is 3.58. The quantitative estimate of drug-likeness (QED) is 0.301. The molecule has 0 radical (unpaired) electrons. The molecule has 0 rings (SSSR count). The predicted molar refractivity (Wildman–Crippen MR) is 12.6 cm³/mol. The van der Waals surface area contributed by atoms with Gasteiger partial charge >= 0.3 is 23.1 Å². The van der Waals surface area contributed by atoms with Crippen molar-refractivity contribution >= 4 is 30.4 Å². The first-order valence-corrected chi connectivity index (χ1v) is 0.690. The van der Waals surface area contributed by atoms with Crippen LogP contribution in [0.2, 0.25) is 0 Å². The standard InChI is InChI=1S/BFO2.Mg/c2-1(3)4;/q-2;+2. The first kappa shape index (κ1) is 9.19. The van der Waals surface area contributed by atoms with E-state index in [1.807, 2.05) is 0 Å². The van der Waals surface area contributed by atoms with Gasteiger partial charge in [-0.1, -0.05) is 0 Å². The van der Waals surface area contributed by atoms with E-state index in [0.717, 1.165) is 0 Å². The van der Waals surface area contributed by atoms with Gasteiger partial charge in [0.05, 0.1) is 0 Å². The molecule has 0 bridgehead atoms. The summed E-state index contributed by atoms with van der Waals surface area (Å²) in [6, 6.07) is 0. The smallest absolute Gasteiger partial charge is 0.867 e. The Kier molecular flexibility index (Phi) is 8.60. The van der Waals surface area contributed by atoms with Crippen LogP contribution in [0.15, 0.2) is 0 Å². The van der Waals surface area contributed by atoms with Crippen molar-refractivity contribution < 1.29 is 14.4 Å². The van der Waals surface area contributed by atoms with Crippen molar-refractivity contribution in [2.45, 2.75) is 0 Å². The average molecular weight is 86.1 g/mol. The Morgan fingerprint density at radius 2 is 1.40 bits per heavy atom. The summed E-state index contributed by atoms with van der Waals surface area (Å²) in [5.74, 6) is 0. The molecule has 5 heteroatoms. The fraction of sp³-hybridized carbons (Fsp3) is 0. The van der Waals surface area contributed by atoms with E-state index in [4.69, 9.17) is 10.0 Å². The van der Waals surface area contributed by atoms with Gasteiger partial charge in [0.1, 0.15) is 7.40 Å². The molecular weight excluding hydrogens is 86.1 g/mol. The third kappa shape index (κ3) is 72.5. The second-order valence-corrected chi connectivity index (χ2v) is 0.274. The monoisotopic (exact) mass is 86.0 g/mol. The summed E-state index contributed by atoms with van der Waals surface area (Å²) < 4.78 is 9.89. The zero-order valence-electron chi connectivity index (χ0n) is 2.48. The Bertz CT molecular complexity index is 14.4. The van der Waals surface area contributed by atoms with E-state index in [1.54, 1.807) is 0 Å². The van der Waals surface area contributed by atoms with Gasteiger partial charge in [0.2, 0.25) is 0 Å². The first-order chi connectivity index (χ1) is 1.73. The summed E-state index contributed by atoms with van der Waals surface area (Å²) in [5.41, 5.74) is 0. The van der Waals surface area contributed by atoms with Crippen LogP contribution in [0.1, 0.15) is 0 Å². The predicted octanol–water partition coefficient (Wildman–Crippen LogP) is -2.72. The molecule has 0 amide bonds. The fourth-order valence-corrected chi connectivity index (χ4v) is 0. The van der Waals surface area contributed by atoms with Gasteiger partial charge in [-0.25, -0.2) is 0 Å². The number of rotatable bonds is 0. The van der Waals surface area contributed by atoms with E-state index in [2.05, 4.69) is 0 Å². The molecule has 0 aliphatic heterocycles. The van der Waals surface area contributed by atoms with Gasteiger partial charge in [-0.2, -0.15) is 0 Å². The van der Waals surface area contributed by atoms with E-state index >= 15 is 0 Å². The van der Waals surface area contributed by atoms with Crippen LogP contribution in [0.5, 0.6) is 0 Å². The van der Waals surface area contributed by atoms with Crippen molar-refractivity contribution in [3.63, 3.8) is 0 Å². The van der Waals surface area contributed by atoms with Gasteiger partial charge in [0, 0.05) is 0 Å². The van der Waals surface area contributed by atoms with E-state index < -0.39 is 7.40 Å². The summed E-state index contributed by atoms with van der Waals surface area (Å²) in [4.78, 5) is 0. The summed E-state index contributed by atoms with van der Waals surface area (Å²) in [7, 11) is -3.17. The van der Waals surface area contributed by atoms with Crippen LogP contribution in [-0.2, 0) is 0 Å². The van der Waals surface area contributed by atoms with Gasteiger partial charge in [-0.3, -0.25) is 0 Å². The maximum atomic E-state index is 9.89. The molecule has 0 aromatic rings. The SMILES string of the molecule is [Mg+2].[O-]B([O-])F. The first-order valence-electron chi connectivity index (χ1n) is 0.690. The van der Waals surface area contributed by atoms with Gasteiger partial charge in [-0.05, 0) is 0 Å². The molecule has 0 aromatic carbocycles. The van der Waals surface area contributed by atoms with Crippen LogP contribution >= 0.6 is 0 Å². The topological polar surface area (TPSA) is 46.1 Å². The van der Waals surface area contributed by atoms with E-state index in [9.17, 15) is 4.32 Å². The van der Waals surface area contributed by atoms with Crippen LogP contribution in [0.25, 0.3) is 0 Å². The second kappa shape index (κ2) is 4.68. The molecule has 0 N–H and O–H groups in total. The molecule has 0 spiro atoms. The van der Waals surface area contributed by atoms with Gasteiger partial charge in [-0.15, -0.1) is 0 Å². The minimum atomic E-state index is -3.17. The van der Waals surface area contributed by atoms with Crippen molar-refractivity contribution in [3.05, 3.63) is 0 Å². The molecular formula is BFMgO2. The number of hydrogen-bond acceptors (Lipinski definition) is 2. The molecule has 0 heterocycles. The zero-order valence-corrected chi connectivity index (χ0v) is 3.89. The second-order valence-electron chi connectivity index (χ2n) is 0.274. The summed E-state index contributed by atoms with van der Waals surface area (Å²) in [6.45, 7) is 0. The van der Waals surface area contributed by atoms with Crippen LogP contribution in [0, 0.1) is 0 Å². The minimum absolute atomic E-state index is 0. The molecule has 2 nitrogen and oxygen atoms in total. The molecule has 0 aliphatic rings. The molecule has 0 fully saturated rings. The molecule has 0 atom stereocenters. The molecule has 0 saturated carbocycles. The van der Waals surface area contributed by atoms with E-state index in [0.29, 0.717) is 0 Å². The van der Waals surface area contributed by atoms with Gasteiger partial charge in [0.15, 0.2) is 0 Å². The Morgan fingerprint density at radius 1 is 1.40 bits per heavy atom. The average Bonchev–Trinajstić information content (AvgIpc) is 0.811. The normalized spacial score (nSPS) is 5.40. The third-order valence-electron chi connectivity index (χ3n) is 0. The Morgan fingerprint density at radius 3 is 1.40 bits per heavy atom.